The van der Waals surface area contributed by atoms with Crippen LogP contribution in [0.5, 0.6) is 0 Å². The van der Waals surface area contributed by atoms with Gasteiger partial charge in [-0.2, -0.15) is 4.37 Å². The predicted molar refractivity (Wildman–Crippen MR) is 103 cm³/mol. The summed E-state index contributed by atoms with van der Waals surface area (Å²) in [6, 6.07) is 13.6. The van der Waals surface area contributed by atoms with Gasteiger partial charge >= 0.3 is 0 Å². The lowest BCUT2D eigenvalue weighted by molar-refractivity contribution is 0.0780. The quantitative estimate of drug-likeness (QED) is 0.549. The minimum Gasteiger partial charge on any atom is -0.334 e. The van der Waals surface area contributed by atoms with E-state index >= 15 is 0 Å². The molecule has 1 aromatic carbocycles. The zero-order valence-corrected chi connectivity index (χ0v) is 15.2. The van der Waals surface area contributed by atoms with Gasteiger partial charge in [0.15, 0.2) is 0 Å². The fourth-order valence-corrected chi connectivity index (χ4v) is 4.03. The van der Waals surface area contributed by atoms with Gasteiger partial charge in [-0.3, -0.25) is 14.8 Å². The lowest BCUT2D eigenvalue weighted by Crippen LogP contribution is -2.26. The highest BCUT2D eigenvalue weighted by molar-refractivity contribution is 7.09. The van der Waals surface area contributed by atoms with Crippen LogP contribution in [-0.4, -0.2) is 36.7 Å². The van der Waals surface area contributed by atoms with E-state index in [4.69, 9.17) is 0 Å². The van der Waals surface area contributed by atoms with E-state index in [0.717, 1.165) is 38.4 Å². The molecule has 4 heterocycles. The van der Waals surface area contributed by atoms with Gasteiger partial charge in [0.2, 0.25) is 0 Å². The lowest BCUT2D eigenvalue weighted by atomic mass is 10.0. The van der Waals surface area contributed by atoms with Crippen molar-refractivity contribution in [1.29, 1.82) is 0 Å². The second-order valence-electron chi connectivity index (χ2n) is 6.40. The van der Waals surface area contributed by atoms with Gasteiger partial charge in [-0.25, -0.2) is 4.98 Å². The smallest absolute Gasteiger partial charge is 0.254 e. The number of benzene rings is 1. The summed E-state index contributed by atoms with van der Waals surface area (Å²) in [7, 11) is 0. The molecule has 132 valence electrons. The van der Waals surface area contributed by atoms with Crippen molar-refractivity contribution in [3.8, 4) is 10.6 Å². The third-order valence-corrected chi connectivity index (χ3v) is 5.48. The number of aromatic nitrogens is 4. The standard InChI is InChI=1S/C20H15N5OS/c26-20-15-4-1-3-14(19-22-12-23-27-19)16(15)11-25(20)10-8-13-6-7-17-18(24-13)5-2-9-21-17/h1-7,9,12H,8,10-11H2. The SMILES string of the molecule is O=C1c2cccc(-c3ncns3)c2CN1CCc1ccc2ncccc2n1. The van der Waals surface area contributed by atoms with Gasteiger partial charge in [0, 0.05) is 42.5 Å². The second kappa shape index (κ2) is 6.51. The Kier molecular flexibility index (Phi) is 3.86. The van der Waals surface area contributed by atoms with Crippen LogP contribution in [-0.2, 0) is 13.0 Å². The summed E-state index contributed by atoms with van der Waals surface area (Å²) in [5.41, 5.74) is 5.52. The fraction of sp³-hybridized carbons (Fsp3) is 0.150. The Morgan fingerprint density at radius 2 is 1.93 bits per heavy atom. The molecule has 6 nitrogen and oxygen atoms in total. The van der Waals surface area contributed by atoms with Gasteiger partial charge in [0.1, 0.15) is 11.3 Å². The van der Waals surface area contributed by atoms with Crippen molar-refractivity contribution in [2.24, 2.45) is 0 Å². The molecule has 1 aliphatic rings. The number of nitrogens with zero attached hydrogens (tertiary/aromatic N) is 5. The maximum atomic E-state index is 12.8. The maximum Gasteiger partial charge on any atom is 0.254 e. The Bertz CT molecular complexity index is 1140. The highest BCUT2D eigenvalue weighted by Gasteiger charge is 2.29. The average molecular weight is 373 g/mol. The van der Waals surface area contributed by atoms with Gasteiger partial charge in [-0.15, -0.1) is 0 Å². The van der Waals surface area contributed by atoms with Crippen LogP contribution in [0.2, 0.25) is 0 Å². The van der Waals surface area contributed by atoms with E-state index in [1.54, 1.807) is 12.5 Å². The highest BCUT2D eigenvalue weighted by Crippen LogP contribution is 2.33. The van der Waals surface area contributed by atoms with Crippen molar-refractivity contribution in [3.63, 3.8) is 0 Å². The molecule has 1 aliphatic heterocycles. The molecule has 0 atom stereocenters. The molecule has 0 saturated heterocycles. The molecule has 0 spiro atoms. The fourth-order valence-electron chi connectivity index (χ4n) is 3.45. The molecular formula is C20H15N5OS. The van der Waals surface area contributed by atoms with Crippen LogP contribution in [0.1, 0.15) is 21.6 Å². The first-order valence-electron chi connectivity index (χ1n) is 8.68. The number of hydrogen-bond donors (Lipinski definition) is 0. The van der Waals surface area contributed by atoms with Crippen molar-refractivity contribution in [1.82, 2.24) is 24.2 Å². The van der Waals surface area contributed by atoms with Gasteiger partial charge in [0.05, 0.1) is 11.0 Å². The van der Waals surface area contributed by atoms with E-state index in [9.17, 15) is 4.79 Å². The van der Waals surface area contributed by atoms with Crippen LogP contribution in [0.15, 0.2) is 55.0 Å². The topological polar surface area (TPSA) is 71.9 Å². The molecular weight excluding hydrogens is 358 g/mol. The van der Waals surface area contributed by atoms with Crippen molar-refractivity contribution >= 4 is 28.5 Å². The van der Waals surface area contributed by atoms with Crippen LogP contribution in [0.3, 0.4) is 0 Å². The Hall–Kier alpha value is -3.19. The minimum atomic E-state index is 0.0684. The third-order valence-electron chi connectivity index (χ3n) is 4.79. The summed E-state index contributed by atoms with van der Waals surface area (Å²) < 4.78 is 4.08. The molecule has 0 radical (unpaired) electrons. The Morgan fingerprint density at radius 1 is 1.00 bits per heavy atom. The minimum absolute atomic E-state index is 0.0684. The van der Waals surface area contributed by atoms with Crippen molar-refractivity contribution in [3.05, 3.63) is 71.8 Å². The van der Waals surface area contributed by atoms with Crippen molar-refractivity contribution in [2.75, 3.05) is 6.54 Å². The second-order valence-corrected chi connectivity index (χ2v) is 7.18. The molecule has 7 heteroatoms. The molecule has 0 bridgehead atoms. The van der Waals surface area contributed by atoms with Gasteiger partial charge in [0.25, 0.3) is 5.91 Å². The van der Waals surface area contributed by atoms with E-state index in [2.05, 4.69) is 19.3 Å². The monoisotopic (exact) mass is 373 g/mol. The summed E-state index contributed by atoms with van der Waals surface area (Å²) in [4.78, 5) is 27.9. The van der Waals surface area contributed by atoms with E-state index < -0.39 is 0 Å². The molecule has 5 rings (SSSR count). The Balaban J connectivity index is 1.37. The number of pyridine rings is 2. The molecule has 0 fully saturated rings. The number of carbonyl (C=O) groups excluding carboxylic acids is 1. The average Bonchev–Trinajstić information content (AvgIpc) is 3.35. The van der Waals surface area contributed by atoms with E-state index in [0.29, 0.717) is 19.5 Å². The number of amides is 1. The molecule has 0 saturated carbocycles. The molecule has 1 amide bonds. The number of hydrogen-bond acceptors (Lipinski definition) is 6. The molecule has 27 heavy (non-hydrogen) atoms. The first kappa shape index (κ1) is 16.0. The van der Waals surface area contributed by atoms with Crippen LogP contribution >= 0.6 is 11.5 Å². The van der Waals surface area contributed by atoms with Crippen LogP contribution in [0, 0.1) is 0 Å². The maximum absolute atomic E-state index is 12.8. The number of carbonyl (C=O) groups is 1. The van der Waals surface area contributed by atoms with E-state index in [1.807, 2.05) is 47.4 Å². The zero-order valence-electron chi connectivity index (χ0n) is 14.4. The van der Waals surface area contributed by atoms with Gasteiger partial charge in [-0.05, 0) is 47.4 Å². The van der Waals surface area contributed by atoms with E-state index in [1.165, 1.54) is 11.5 Å². The molecule has 3 aromatic heterocycles. The third kappa shape index (κ3) is 2.86. The first-order chi connectivity index (χ1) is 13.3. The lowest BCUT2D eigenvalue weighted by Gasteiger charge is -2.15. The molecule has 0 aliphatic carbocycles. The van der Waals surface area contributed by atoms with Gasteiger partial charge < -0.3 is 4.90 Å². The van der Waals surface area contributed by atoms with Crippen molar-refractivity contribution < 1.29 is 4.79 Å². The van der Waals surface area contributed by atoms with Crippen LogP contribution < -0.4 is 0 Å². The largest absolute Gasteiger partial charge is 0.334 e. The number of fused-ring (bicyclic) bond motifs is 2. The van der Waals surface area contributed by atoms with Crippen molar-refractivity contribution in [2.45, 2.75) is 13.0 Å². The summed E-state index contributed by atoms with van der Waals surface area (Å²) in [5, 5.41) is 0.852. The van der Waals surface area contributed by atoms with Crippen LogP contribution in [0.25, 0.3) is 21.6 Å². The highest BCUT2D eigenvalue weighted by atomic mass is 32.1. The summed E-state index contributed by atoms with van der Waals surface area (Å²) in [6.45, 7) is 1.22. The zero-order chi connectivity index (χ0) is 18.2. The molecule has 4 aromatic rings. The first-order valence-corrected chi connectivity index (χ1v) is 9.46. The molecule has 0 N–H and O–H groups in total. The summed E-state index contributed by atoms with van der Waals surface area (Å²) >= 11 is 1.35. The number of rotatable bonds is 4. The van der Waals surface area contributed by atoms with Crippen LogP contribution in [0.4, 0.5) is 0 Å². The van der Waals surface area contributed by atoms with E-state index in [-0.39, 0.29) is 5.91 Å². The Labute approximate surface area is 159 Å². The summed E-state index contributed by atoms with van der Waals surface area (Å²) in [6.07, 6.45) is 4.02. The van der Waals surface area contributed by atoms with Gasteiger partial charge in [-0.1, -0.05) is 12.1 Å². The molecule has 0 unspecified atom stereocenters. The Morgan fingerprint density at radius 3 is 2.81 bits per heavy atom. The normalized spacial score (nSPS) is 13.3. The summed E-state index contributed by atoms with van der Waals surface area (Å²) in [5.74, 6) is 0.0684. The predicted octanol–water partition coefficient (Wildman–Crippen LogP) is 3.35.